The molecule has 0 unspecified atom stereocenters. The lowest BCUT2D eigenvalue weighted by Gasteiger charge is -2.05. The Bertz CT molecular complexity index is 693. The van der Waals surface area contributed by atoms with Gasteiger partial charge < -0.3 is 19.9 Å². The number of ether oxygens (including phenoxy) is 3. The van der Waals surface area contributed by atoms with Crippen LogP contribution in [0.3, 0.4) is 0 Å². The van der Waals surface area contributed by atoms with Crippen LogP contribution in [0.4, 0.5) is 5.69 Å². The van der Waals surface area contributed by atoms with Gasteiger partial charge in [0, 0.05) is 10.4 Å². The standard InChI is InChI=1S/C14H13NO4S/c1-7-11(12(15)13(20-7)14(16)17-2)8-3-4-9-10(5-8)19-6-18-9/h3-5H,6,15H2,1-2H3. The van der Waals surface area contributed by atoms with Gasteiger partial charge in [0.25, 0.3) is 0 Å². The van der Waals surface area contributed by atoms with Gasteiger partial charge in [-0.05, 0) is 24.6 Å². The zero-order valence-corrected chi connectivity index (χ0v) is 11.9. The fraction of sp³-hybridized carbons (Fsp3) is 0.214. The number of benzene rings is 1. The summed E-state index contributed by atoms with van der Waals surface area (Å²) in [4.78, 5) is 13.1. The average Bonchev–Trinajstić information content (AvgIpc) is 3.01. The number of hydrogen-bond donors (Lipinski definition) is 1. The first-order valence-corrected chi connectivity index (χ1v) is 6.80. The Kier molecular flexibility index (Phi) is 3.02. The lowest BCUT2D eigenvalue weighted by Crippen LogP contribution is -2.02. The summed E-state index contributed by atoms with van der Waals surface area (Å²) in [5.74, 6) is 0.989. The van der Waals surface area contributed by atoms with Crippen molar-refractivity contribution >= 4 is 23.0 Å². The minimum absolute atomic E-state index is 0.226. The van der Waals surface area contributed by atoms with Crippen LogP contribution in [0.1, 0.15) is 14.5 Å². The summed E-state index contributed by atoms with van der Waals surface area (Å²) in [6.45, 7) is 2.15. The van der Waals surface area contributed by atoms with Gasteiger partial charge in [-0.15, -0.1) is 11.3 Å². The molecule has 0 atom stereocenters. The maximum Gasteiger partial charge on any atom is 0.350 e. The van der Waals surface area contributed by atoms with E-state index in [-0.39, 0.29) is 6.79 Å². The van der Waals surface area contributed by atoms with Crippen molar-refractivity contribution in [3.8, 4) is 22.6 Å². The molecule has 0 amide bonds. The van der Waals surface area contributed by atoms with Crippen LogP contribution in [0.25, 0.3) is 11.1 Å². The SMILES string of the molecule is COC(=O)c1sc(C)c(-c2ccc3c(c2)OCO3)c1N. The molecule has 0 saturated heterocycles. The van der Waals surface area contributed by atoms with E-state index in [0.717, 1.165) is 16.0 Å². The van der Waals surface area contributed by atoms with Gasteiger partial charge in [0.1, 0.15) is 4.88 Å². The summed E-state index contributed by atoms with van der Waals surface area (Å²) >= 11 is 1.33. The molecule has 1 aromatic heterocycles. The Hall–Kier alpha value is -2.21. The number of thiophene rings is 1. The van der Waals surface area contributed by atoms with Crippen LogP contribution >= 0.6 is 11.3 Å². The third-order valence-corrected chi connectivity index (χ3v) is 4.25. The molecule has 0 aliphatic carbocycles. The molecule has 2 aromatic rings. The number of nitrogen functional groups attached to an aromatic ring is 1. The van der Waals surface area contributed by atoms with Crippen LogP contribution in [-0.4, -0.2) is 19.9 Å². The number of fused-ring (bicyclic) bond motifs is 1. The number of carbonyl (C=O) groups is 1. The van der Waals surface area contributed by atoms with E-state index in [1.54, 1.807) is 0 Å². The van der Waals surface area contributed by atoms with Crippen molar-refractivity contribution < 1.29 is 19.0 Å². The maximum absolute atomic E-state index is 11.7. The van der Waals surface area contributed by atoms with Crippen molar-refractivity contribution in [1.82, 2.24) is 0 Å². The van der Waals surface area contributed by atoms with Crippen LogP contribution in [0, 0.1) is 6.92 Å². The van der Waals surface area contributed by atoms with E-state index >= 15 is 0 Å². The number of carbonyl (C=O) groups excluding carboxylic acids is 1. The highest BCUT2D eigenvalue weighted by molar-refractivity contribution is 7.15. The third kappa shape index (κ3) is 1.89. The number of nitrogens with two attached hydrogens (primary N) is 1. The van der Waals surface area contributed by atoms with Crippen LogP contribution in [0.5, 0.6) is 11.5 Å². The van der Waals surface area contributed by atoms with Crippen molar-refractivity contribution in [3.05, 3.63) is 28.0 Å². The van der Waals surface area contributed by atoms with Crippen LogP contribution in [0.2, 0.25) is 0 Å². The van der Waals surface area contributed by atoms with Gasteiger partial charge in [-0.2, -0.15) is 0 Å². The molecule has 6 heteroatoms. The molecular formula is C14H13NO4S. The minimum atomic E-state index is -0.414. The number of methoxy groups -OCH3 is 1. The molecule has 0 saturated carbocycles. The number of aryl methyl sites for hydroxylation is 1. The zero-order valence-electron chi connectivity index (χ0n) is 11.1. The fourth-order valence-electron chi connectivity index (χ4n) is 2.22. The Labute approximate surface area is 119 Å². The van der Waals surface area contributed by atoms with Gasteiger partial charge >= 0.3 is 5.97 Å². The van der Waals surface area contributed by atoms with E-state index in [1.165, 1.54) is 18.4 Å². The quantitative estimate of drug-likeness (QED) is 0.861. The third-order valence-electron chi connectivity index (χ3n) is 3.15. The van der Waals surface area contributed by atoms with Gasteiger partial charge in [0.2, 0.25) is 6.79 Å². The molecule has 5 nitrogen and oxygen atoms in total. The molecule has 0 radical (unpaired) electrons. The fourth-order valence-corrected chi connectivity index (χ4v) is 3.23. The highest BCUT2D eigenvalue weighted by Crippen LogP contribution is 2.42. The predicted molar refractivity (Wildman–Crippen MR) is 76.4 cm³/mol. The van der Waals surface area contributed by atoms with Gasteiger partial charge in [0.05, 0.1) is 12.8 Å². The summed E-state index contributed by atoms with van der Waals surface area (Å²) < 4.78 is 15.4. The highest BCUT2D eigenvalue weighted by atomic mass is 32.1. The lowest BCUT2D eigenvalue weighted by atomic mass is 10.0. The van der Waals surface area contributed by atoms with Gasteiger partial charge in [-0.25, -0.2) is 4.79 Å². The van der Waals surface area contributed by atoms with Crippen molar-refractivity contribution in [1.29, 1.82) is 0 Å². The molecule has 0 fully saturated rings. The molecule has 1 aromatic carbocycles. The second-order valence-electron chi connectivity index (χ2n) is 4.34. The Morgan fingerprint density at radius 3 is 2.85 bits per heavy atom. The highest BCUT2D eigenvalue weighted by Gasteiger charge is 2.22. The van der Waals surface area contributed by atoms with Crippen molar-refractivity contribution in [2.75, 3.05) is 19.6 Å². The summed E-state index contributed by atoms with van der Waals surface area (Å²) in [6.07, 6.45) is 0. The largest absolute Gasteiger partial charge is 0.465 e. The van der Waals surface area contributed by atoms with Crippen molar-refractivity contribution in [2.45, 2.75) is 6.92 Å². The maximum atomic E-state index is 11.7. The van der Waals surface area contributed by atoms with E-state index in [4.69, 9.17) is 19.9 Å². The van der Waals surface area contributed by atoms with E-state index in [1.807, 2.05) is 25.1 Å². The van der Waals surface area contributed by atoms with Gasteiger partial charge in [0.15, 0.2) is 11.5 Å². The van der Waals surface area contributed by atoms with Gasteiger partial charge in [-0.3, -0.25) is 0 Å². The van der Waals surface area contributed by atoms with E-state index in [9.17, 15) is 4.79 Å². The molecule has 0 bridgehead atoms. The van der Waals surface area contributed by atoms with Crippen molar-refractivity contribution in [2.24, 2.45) is 0 Å². The van der Waals surface area contributed by atoms with Crippen LogP contribution in [0.15, 0.2) is 18.2 Å². The smallest absolute Gasteiger partial charge is 0.350 e. The van der Waals surface area contributed by atoms with Crippen LogP contribution < -0.4 is 15.2 Å². The lowest BCUT2D eigenvalue weighted by molar-refractivity contribution is 0.0607. The average molecular weight is 291 g/mol. The normalized spacial score (nSPS) is 12.5. The Morgan fingerprint density at radius 1 is 1.35 bits per heavy atom. The minimum Gasteiger partial charge on any atom is -0.465 e. The summed E-state index contributed by atoms with van der Waals surface area (Å²) in [5, 5.41) is 0. The summed E-state index contributed by atoms with van der Waals surface area (Å²) in [7, 11) is 1.34. The topological polar surface area (TPSA) is 70.8 Å². The monoisotopic (exact) mass is 291 g/mol. The summed E-state index contributed by atoms with van der Waals surface area (Å²) in [6, 6.07) is 5.61. The number of rotatable bonds is 2. The number of esters is 1. The summed E-state index contributed by atoms with van der Waals surface area (Å²) in [5.41, 5.74) is 8.28. The second kappa shape index (κ2) is 4.72. The van der Waals surface area contributed by atoms with E-state index in [2.05, 4.69) is 0 Å². The van der Waals surface area contributed by atoms with E-state index in [0.29, 0.717) is 22.1 Å². The van der Waals surface area contributed by atoms with E-state index < -0.39 is 5.97 Å². The molecule has 0 spiro atoms. The predicted octanol–water partition coefficient (Wildman–Crippen LogP) is 2.82. The number of hydrogen-bond acceptors (Lipinski definition) is 6. The Balaban J connectivity index is 2.10. The molecule has 2 N–H and O–H groups in total. The van der Waals surface area contributed by atoms with Crippen LogP contribution in [-0.2, 0) is 4.74 Å². The van der Waals surface area contributed by atoms with Gasteiger partial charge in [-0.1, -0.05) is 6.07 Å². The van der Waals surface area contributed by atoms with Crippen molar-refractivity contribution in [3.63, 3.8) is 0 Å². The first kappa shape index (κ1) is 12.8. The molecule has 1 aliphatic rings. The first-order chi connectivity index (χ1) is 9.61. The molecular weight excluding hydrogens is 278 g/mol. The molecule has 2 heterocycles. The Morgan fingerprint density at radius 2 is 2.10 bits per heavy atom. The molecule has 104 valence electrons. The molecule has 20 heavy (non-hydrogen) atoms. The molecule has 1 aliphatic heterocycles. The first-order valence-electron chi connectivity index (χ1n) is 5.99. The molecule has 3 rings (SSSR count). The zero-order chi connectivity index (χ0) is 14.3. The number of anilines is 1. The second-order valence-corrected chi connectivity index (χ2v) is 5.56.